The minimum Gasteiger partial charge on any atom is -0.258 e. The van der Waals surface area contributed by atoms with Crippen molar-refractivity contribution < 1.29 is 0 Å². The Kier molecular flexibility index (Phi) is 2.68. The third-order valence-electron chi connectivity index (χ3n) is 3.44. The summed E-state index contributed by atoms with van der Waals surface area (Å²) in [6, 6.07) is 13.5. The summed E-state index contributed by atoms with van der Waals surface area (Å²) >= 11 is 0. The Balaban J connectivity index is 2.01. The van der Waals surface area contributed by atoms with Gasteiger partial charge in [0.25, 0.3) is 0 Å². The summed E-state index contributed by atoms with van der Waals surface area (Å²) in [4.78, 5) is 4.75. The summed E-state index contributed by atoms with van der Waals surface area (Å²) in [7, 11) is 0. The fourth-order valence-corrected chi connectivity index (χ4v) is 2.49. The molecule has 2 aliphatic heterocycles. The van der Waals surface area contributed by atoms with Crippen LogP contribution in [-0.2, 0) is 25.7 Å². The third kappa shape index (κ3) is 2.38. The van der Waals surface area contributed by atoms with Gasteiger partial charge in [0.1, 0.15) is 0 Å². The van der Waals surface area contributed by atoms with Crippen molar-refractivity contribution in [3.8, 4) is 0 Å². The second-order valence-electron chi connectivity index (χ2n) is 4.94. The van der Waals surface area contributed by atoms with Crippen molar-refractivity contribution in [2.75, 3.05) is 0 Å². The fraction of sp³-hybridized carbons (Fsp3) is 0.312. The molecule has 17 heavy (non-hydrogen) atoms. The molecule has 0 radical (unpaired) electrons. The molecule has 3 heterocycles. The lowest BCUT2D eigenvalue weighted by molar-refractivity contribution is 0.864. The Morgan fingerprint density at radius 3 is 1.71 bits per heavy atom. The molecule has 1 aromatic carbocycles. The smallest absolute Gasteiger partial charge is 0.0412 e. The van der Waals surface area contributed by atoms with Crippen molar-refractivity contribution >= 4 is 0 Å². The van der Waals surface area contributed by atoms with E-state index in [1.807, 2.05) is 0 Å². The van der Waals surface area contributed by atoms with E-state index >= 15 is 0 Å². The van der Waals surface area contributed by atoms with E-state index in [9.17, 15) is 0 Å². The lowest BCUT2D eigenvalue weighted by Crippen LogP contribution is -1.99. The summed E-state index contributed by atoms with van der Waals surface area (Å²) in [5, 5.41) is 0. The van der Waals surface area contributed by atoms with Crippen molar-refractivity contribution in [1.82, 2.24) is 4.98 Å². The number of fused-ring (bicyclic) bond motifs is 4. The van der Waals surface area contributed by atoms with Crippen LogP contribution in [-0.4, -0.2) is 4.98 Å². The highest BCUT2D eigenvalue weighted by atomic mass is 14.7. The molecule has 0 amide bonds. The van der Waals surface area contributed by atoms with Gasteiger partial charge in [0, 0.05) is 11.4 Å². The first kappa shape index (κ1) is 10.5. The van der Waals surface area contributed by atoms with Gasteiger partial charge in [0.15, 0.2) is 0 Å². The van der Waals surface area contributed by atoms with E-state index in [-0.39, 0.29) is 0 Å². The van der Waals surface area contributed by atoms with Crippen LogP contribution in [0, 0.1) is 6.92 Å². The molecule has 1 heteroatoms. The van der Waals surface area contributed by atoms with Crippen molar-refractivity contribution in [3.05, 3.63) is 64.5 Å². The van der Waals surface area contributed by atoms with Crippen LogP contribution in [0.15, 0.2) is 36.4 Å². The van der Waals surface area contributed by atoms with E-state index in [1.165, 1.54) is 28.1 Å². The molecule has 1 aromatic heterocycles. The van der Waals surface area contributed by atoms with Gasteiger partial charge in [-0.1, -0.05) is 24.3 Å². The topological polar surface area (TPSA) is 12.9 Å². The number of benzene rings is 1. The maximum atomic E-state index is 4.75. The van der Waals surface area contributed by atoms with Crippen LogP contribution in [0.3, 0.4) is 0 Å². The number of pyridine rings is 1. The van der Waals surface area contributed by atoms with Gasteiger partial charge >= 0.3 is 0 Å². The zero-order valence-corrected chi connectivity index (χ0v) is 10.2. The van der Waals surface area contributed by atoms with E-state index in [2.05, 4.69) is 43.3 Å². The van der Waals surface area contributed by atoms with Gasteiger partial charge in [-0.05, 0) is 61.4 Å². The Morgan fingerprint density at radius 1 is 0.765 bits per heavy atom. The molecular weight excluding hydrogens is 206 g/mol. The first-order valence-corrected chi connectivity index (χ1v) is 6.34. The highest BCUT2D eigenvalue weighted by Crippen LogP contribution is 2.15. The van der Waals surface area contributed by atoms with Crippen molar-refractivity contribution in [2.24, 2.45) is 0 Å². The third-order valence-corrected chi connectivity index (χ3v) is 3.44. The molecule has 0 atom stereocenters. The number of hydrogen-bond acceptors (Lipinski definition) is 1. The molecule has 2 aromatic rings. The zero-order chi connectivity index (χ0) is 11.7. The molecule has 0 spiro atoms. The summed E-state index contributed by atoms with van der Waals surface area (Å²) < 4.78 is 0. The van der Waals surface area contributed by atoms with Gasteiger partial charge in [-0.25, -0.2) is 0 Å². The normalized spacial score (nSPS) is 14.4. The Bertz CT molecular complexity index is 480. The molecule has 0 saturated heterocycles. The second-order valence-corrected chi connectivity index (χ2v) is 4.94. The van der Waals surface area contributed by atoms with Crippen molar-refractivity contribution in [2.45, 2.75) is 32.6 Å². The number of rotatable bonds is 0. The van der Waals surface area contributed by atoms with E-state index in [0.29, 0.717) is 0 Å². The first-order valence-electron chi connectivity index (χ1n) is 6.34. The molecule has 1 nitrogen and oxygen atoms in total. The maximum absolute atomic E-state index is 4.75. The van der Waals surface area contributed by atoms with Crippen LogP contribution in [0.2, 0.25) is 0 Å². The number of nitrogens with zero attached hydrogens (tertiary/aromatic N) is 1. The van der Waals surface area contributed by atoms with Gasteiger partial charge in [0.2, 0.25) is 0 Å². The SMILES string of the molecule is Cc1cc2nc(c1)CCc1ccc(cc1)CC2. The lowest BCUT2D eigenvalue weighted by Gasteiger charge is -2.05. The molecule has 2 aliphatic rings. The van der Waals surface area contributed by atoms with Crippen LogP contribution in [0.4, 0.5) is 0 Å². The quantitative estimate of drug-likeness (QED) is 0.668. The Morgan fingerprint density at radius 2 is 1.24 bits per heavy atom. The second kappa shape index (κ2) is 4.33. The largest absolute Gasteiger partial charge is 0.258 e. The summed E-state index contributed by atoms with van der Waals surface area (Å²) in [5.41, 5.74) is 6.66. The van der Waals surface area contributed by atoms with E-state index in [4.69, 9.17) is 4.98 Å². The zero-order valence-electron chi connectivity index (χ0n) is 10.2. The van der Waals surface area contributed by atoms with Gasteiger partial charge in [-0.15, -0.1) is 0 Å². The molecule has 86 valence electrons. The minimum atomic E-state index is 1.05. The molecular formula is C16H17N. The number of aromatic nitrogens is 1. The summed E-state index contributed by atoms with van der Waals surface area (Å²) in [6.45, 7) is 2.17. The summed E-state index contributed by atoms with van der Waals surface area (Å²) in [5.74, 6) is 0. The van der Waals surface area contributed by atoms with Crippen LogP contribution in [0.25, 0.3) is 0 Å². The number of hydrogen-bond donors (Lipinski definition) is 0. The van der Waals surface area contributed by atoms with Crippen molar-refractivity contribution in [1.29, 1.82) is 0 Å². The van der Waals surface area contributed by atoms with Gasteiger partial charge in [-0.3, -0.25) is 4.98 Å². The van der Waals surface area contributed by atoms with Gasteiger partial charge in [-0.2, -0.15) is 0 Å². The Hall–Kier alpha value is -1.63. The molecule has 4 bridgehead atoms. The molecule has 0 saturated carbocycles. The number of aryl methyl sites for hydroxylation is 5. The lowest BCUT2D eigenvalue weighted by atomic mass is 10.0. The average Bonchev–Trinajstić information content (AvgIpc) is 2.38. The van der Waals surface area contributed by atoms with Crippen LogP contribution in [0.1, 0.15) is 28.1 Å². The minimum absolute atomic E-state index is 1.05. The van der Waals surface area contributed by atoms with E-state index in [0.717, 1.165) is 25.7 Å². The van der Waals surface area contributed by atoms with E-state index in [1.54, 1.807) is 0 Å². The van der Waals surface area contributed by atoms with Crippen LogP contribution < -0.4 is 0 Å². The molecule has 0 aliphatic carbocycles. The average molecular weight is 223 g/mol. The maximum Gasteiger partial charge on any atom is 0.0412 e. The fourth-order valence-electron chi connectivity index (χ4n) is 2.49. The van der Waals surface area contributed by atoms with Crippen LogP contribution in [0.5, 0.6) is 0 Å². The predicted molar refractivity (Wildman–Crippen MR) is 70.2 cm³/mol. The Labute approximate surface area is 103 Å². The molecule has 0 unspecified atom stereocenters. The van der Waals surface area contributed by atoms with Gasteiger partial charge < -0.3 is 0 Å². The van der Waals surface area contributed by atoms with Crippen molar-refractivity contribution in [3.63, 3.8) is 0 Å². The van der Waals surface area contributed by atoms with Gasteiger partial charge in [0.05, 0.1) is 0 Å². The predicted octanol–water partition coefficient (Wildman–Crippen LogP) is 3.27. The molecule has 4 rings (SSSR count). The standard InChI is InChI=1S/C16H17N/c1-12-10-15-8-6-13-2-3-14(5-4-13)7-9-16(11-12)17-15/h2-5,10-11H,6-9H2,1H3. The first-order chi connectivity index (χ1) is 8.29. The highest BCUT2D eigenvalue weighted by Gasteiger charge is 2.05. The molecule has 0 fully saturated rings. The monoisotopic (exact) mass is 223 g/mol. The molecule has 0 N–H and O–H groups in total. The van der Waals surface area contributed by atoms with E-state index < -0.39 is 0 Å². The summed E-state index contributed by atoms with van der Waals surface area (Å²) in [6.07, 6.45) is 4.29. The highest BCUT2D eigenvalue weighted by molar-refractivity contribution is 5.27. The van der Waals surface area contributed by atoms with Crippen LogP contribution >= 0.6 is 0 Å².